The first-order valence-electron chi connectivity index (χ1n) is 6.13. The SMILES string of the molecule is CCOc1c(N2C(=O)C=CC2=O)ccc(O)c1CC. The highest BCUT2D eigenvalue weighted by Gasteiger charge is 2.29. The molecular weight excluding hydrogens is 246 g/mol. The summed E-state index contributed by atoms with van der Waals surface area (Å²) < 4.78 is 5.52. The van der Waals surface area contributed by atoms with E-state index >= 15 is 0 Å². The zero-order valence-corrected chi connectivity index (χ0v) is 10.8. The van der Waals surface area contributed by atoms with Crippen LogP contribution in [0.4, 0.5) is 5.69 Å². The van der Waals surface area contributed by atoms with Gasteiger partial charge in [0.1, 0.15) is 11.5 Å². The van der Waals surface area contributed by atoms with Crippen molar-refractivity contribution in [3.63, 3.8) is 0 Å². The summed E-state index contributed by atoms with van der Waals surface area (Å²) in [6, 6.07) is 2.98. The molecule has 0 aliphatic carbocycles. The number of aromatic hydroxyl groups is 1. The van der Waals surface area contributed by atoms with Crippen molar-refractivity contribution in [1.29, 1.82) is 0 Å². The Bertz CT molecular complexity index is 545. The normalized spacial score (nSPS) is 14.3. The molecule has 2 rings (SSSR count). The van der Waals surface area contributed by atoms with Crippen molar-refractivity contribution < 1.29 is 19.4 Å². The Morgan fingerprint density at radius 2 is 1.79 bits per heavy atom. The number of hydrogen-bond acceptors (Lipinski definition) is 4. The zero-order chi connectivity index (χ0) is 14.0. The van der Waals surface area contributed by atoms with Crippen molar-refractivity contribution >= 4 is 17.5 Å². The predicted molar refractivity (Wildman–Crippen MR) is 70.3 cm³/mol. The van der Waals surface area contributed by atoms with E-state index in [1.54, 1.807) is 6.92 Å². The molecule has 1 heterocycles. The monoisotopic (exact) mass is 261 g/mol. The molecule has 0 fully saturated rings. The van der Waals surface area contributed by atoms with E-state index in [0.29, 0.717) is 30.0 Å². The molecule has 0 aromatic heterocycles. The second kappa shape index (κ2) is 5.14. The molecule has 2 amide bonds. The number of nitrogens with zero attached hydrogens (tertiary/aromatic N) is 1. The second-order valence-corrected chi connectivity index (χ2v) is 4.04. The Labute approximate surface area is 111 Å². The van der Waals surface area contributed by atoms with E-state index in [2.05, 4.69) is 0 Å². The molecule has 100 valence electrons. The molecular formula is C14H15NO4. The molecule has 19 heavy (non-hydrogen) atoms. The molecule has 5 heteroatoms. The van der Waals surface area contributed by atoms with Gasteiger partial charge in [-0.25, -0.2) is 4.90 Å². The van der Waals surface area contributed by atoms with Crippen LogP contribution in [-0.2, 0) is 16.0 Å². The summed E-state index contributed by atoms with van der Waals surface area (Å²) >= 11 is 0. The number of phenols is 1. The van der Waals surface area contributed by atoms with Crippen molar-refractivity contribution in [3.05, 3.63) is 29.8 Å². The lowest BCUT2D eigenvalue weighted by Crippen LogP contribution is -2.30. The Morgan fingerprint density at radius 1 is 1.16 bits per heavy atom. The van der Waals surface area contributed by atoms with Gasteiger partial charge in [-0.2, -0.15) is 0 Å². The molecule has 0 radical (unpaired) electrons. The molecule has 0 spiro atoms. The van der Waals surface area contributed by atoms with Gasteiger partial charge in [-0.1, -0.05) is 6.92 Å². The Morgan fingerprint density at radius 3 is 2.32 bits per heavy atom. The third-order valence-corrected chi connectivity index (χ3v) is 2.91. The Balaban J connectivity index is 2.57. The largest absolute Gasteiger partial charge is 0.508 e. The Kier molecular flexibility index (Phi) is 3.55. The van der Waals surface area contributed by atoms with Crippen molar-refractivity contribution in [2.75, 3.05) is 11.5 Å². The van der Waals surface area contributed by atoms with Crippen LogP contribution >= 0.6 is 0 Å². The van der Waals surface area contributed by atoms with Gasteiger partial charge < -0.3 is 9.84 Å². The van der Waals surface area contributed by atoms with Gasteiger partial charge in [0, 0.05) is 17.7 Å². The van der Waals surface area contributed by atoms with Crippen LogP contribution in [0.2, 0.25) is 0 Å². The quantitative estimate of drug-likeness (QED) is 0.839. The number of benzene rings is 1. The maximum atomic E-state index is 11.7. The molecule has 0 atom stereocenters. The number of imide groups is 1. The smallest absolute Gasteiger partial charge is 0.258 e. The average Bonchev–Trinajstić information content (AvgIpc) is 2.71. The maximum Gasteiger partial charge on any atom is 0.258 e. The minimum Gasteiger partial charge on any atom is -0.508 e. The molecule has 5 nitrogen and oxygen atoms in total. The van der Waals surface area contributed by atoms with Crippen molar-refractivity contribution in [2.45, 2.75) is 20.3 Å². The number of carbonyl (C=O) groups excluding carboxylic acids is 2. The molecule has 0 bridgehead atoms. The number of amides is 2. The maximum absolute atomic E-state index is 11.7. The van der Waals surface area contributed by atoms with E-state index in [4.69, 9.17) is 4.74 Å². The molecule has 1 aliphatic rings. The molecule has 0 saturated heterocycles. The summed E-state index contributed by atoms with van der Waals surface area (Å²) in [6.07, 6.45) is 2.98. The van der Waals surface area contributed by atoms with Crippen LogP contribution in [0.1, 0.15) is 19.4 Å². The van der Waals surface area contributed by atoms with Crippen LogP contribution in [0.25, 0.3) is 0 Å². The number of phenolic OH excluding ortho intramolecular Hbond substituents is 1. The molecule has 0 unspecified atom stereocenters. The van der Waals surface area contributed by atoms with E-state index in [9.17, 15) is 14.7 Å². The number of anilines is 1. The molecule has 0 saturated carbocycles. The van der Waals surface area contributed by atoms with Gasteiger partial charge >= 0.3 is 0 Å². The first-order valence-corrected chi connectivity index (χ1v) is 6.13. The molecule has 1 aromatic carbocycles. The third-order valence-electron chi connectivity index (χ3n) is 2.91. The van der Waals surface area contributed by atoms with Crippen LogP contribution in [-0.4, -0.2) is 23.5 Å². The molecule has 1 aliphatic heterocycles. The fraction of sp³-hybridized carbons (Fsp3) is 0.286. The fourth-order valence-corrected chi connectivity index (χ4v) is 2.07. The zero-order valence-electron chi connectivity index (χ0n) is 10.8. The van der Waals surface area contributed by atoms with Crippen LogP contribution in [0.5, 0.6) is 11.5 Å². The minimum absolute atomic E-state index is 0.0988. The standard InChI is InChI=1S/C14H15NO4/c1-3-9-11(16)6-5-10(14(9)19-4-2)15-12(17)7-8-13(15)18/h5-8,16H,3-4H2,1-2H3. The topological polar surface area (TPSA) is 66.8 Å². The van der Waals surface area contributed by atoms with Crippen LogP contribution in [0.3, 0.4) is 0 Å². The van der Waals surface area contributed by atoms with Gasteiger partial charge in [-0.15, -0.1) is 0 Å². The van der Waals surface area contributed by atoms with Gasteiger partial charge in [0.25, 0.3) is 11.8 Å². The third kappa shape index (κ3) is 2.19. The predicted octanol–water partition coefficient (Wildman–Crippen LogP) is 1.78. The lowest BCUT2D eigenvalue weighted by atomic mass is 10.1. The summed E-state index contributed by atoms with van der Waals surface area (Å²) in [5, 5.41) is 9.83. The second-order valence-electron chi connectivity index (χ2n) is 4.04. The van der Waals surface area contributed by atoms with Crippen LogP contribution in [0, 0.1) is 0 Å². The highest BCUT2D eigenvalue weighted by atomic mass is 16.5. The highest BCUT2D eigenvalue weighted by Crippen LogP contribution is 2.39. The molecule has 1 aromatic rings. The van der Waals surface area contributed by atoms with Gasteiger partial charge in [0.2, 0.25) is 0 Å². The fourth-order valence-electron chi connectivity index (χ4n) is 2.07. The van der Waals surface area contributed by atoms with Crippen molar-refractivity contribution in [2.24, 2.45) is 0 Å². The number of ether oxygens (including phenoxy) is 1. The summed E-state index contributed by atoms with van der Waals surface area (Å²) in [5.74, 6) is -0.324. The average molecular weight is 261 g/mol. The van der Waals surface area contributed by atoms with Crippen LogP contribution in [0.15, 0.2) is 24.3 Å². The lowest BCUT2D eigenvalue weighted by molar-refractivity contribution is -0.120. The summed E-state index contributed by atoms with van der Waals surface area (Å²) in [5.41, 5.74) is 0.961. The number of hydrogen-bond donors (Lipinski definition) is 1. The van der Waals surface area contributed by atoms with E-state index < -0.39 is 11.8 Å². The van der Waals surface area contributed by atoms with Crippen LogP contribution < -0.4 is 9.64 Å². The van der Waals surface area contributed by atoms with Gasteiger partial charge in [0.15, 0.2) is 0 Å². The summed E-state index contributed by atoms with van der Waals surface area (Å²) in [7, 11) is 0. The van der Waals surface area contributed by atoms with E-state index in [-0.39, 0.29) is 5.75 Å². The number of carbonyl (C=O) groups is 2. The van der Waals surface area contributed by atoms with Crippen molar-refractivity contribution in [3.8, 4) is 11.5 Å². The first kappa shape index (κ1) is 13.1. The van der Waals surface area contributed by atoms with E-state index in [1.807, 2.05) is 6.92 Å². The first-order chi connectivity index (χ1) is 9.10. The number of rotatable bonds is 4. The molecule has 1 N–H and O–H groups in total. The van der Waals surface area contributed by atoms with Gasteiger partial charge in [-0.05, 0) is 25.5 Å². The summed E-state index contributed by atoms with van der Waals surface area (Å²) in [6.45, 7) is 4.06. The minimum atomic E-state index is -0.404. The summed E-state index contributed by atoms with van der Waals surface area (Å²) in [4.78, 5) is 24.5. The van der Waals surface area contributed by atoms with E-state index in [0.717, 1.165) is 4.90 Å². The van der Waals surface area contributed by atoms with Crippen molar-refractivity contribution in [1.82, 2.24) is 0 Å². The van der Waals surface area contributed by atoms with E-state index in [1.165, 1.54) is 24.3 Å². The highest BCUT2D eigenvalue weighted by molar-refractivity contribution is 6.28. The van der Waals surface area contributed by atoms with Gasteiger partial charge in [0.05, 0.1) is 12.3 Å². The lowest BCUT2D eigenvalue weighted by Gasteiger charge is -2.21. The Hall–Kier alpha value is -2.30. The van der Waals surface area contributed by atoms with Gasteiger partial charge in [-0.3, -0.25) is 9.59 Å².